The Balaban J connectivity index is 2.22. The molecule has 0 aliphatic carbocycles. The van der Waals surface area contributed by atoms with E-state index in [4.69, 9.17) is 0 Å². The summed E-state index contributed by atoms with van der Waals surface area (Å²) in [6, 6.07) is 0. The van der Waals surface area contributed by atoms with Crippen LogP contribution in [-0.2, 0) is 0 Å². The first-order valence-corrected chi connectivity index (χ1v) is 5.24. The van der Waals surface area contributed by atoms with Crippen molar-refractivity contribution in [2.75, 3.05) is 19.6 Å². The lowest BCUT2D eigenvalue weighted by Crippen LogP contribution is -2.39. The van der Waals surface area contributed by atoms with Gasteiger partial charge in [-0.1, -0.05) is 11.1 Å². The maximum atomic E-state index is 10.9. The highest BCUT2D eigenvalue weighted by atomic mass is 16.7. The van der Waals surface area contributed by atoms with Gasteiger partial charge >= 0.3 is 0 Å². The Morgan fingerprint density at radius 3 is 2.67 bits per heavy atom. The summed E-state index contributed by atoms with van der Waals surface area (Å²) in [6.45, 7) is 4.22. The number of rotatable bonds is 2. The Kier molecular flexibility index (Phi) is 2.62. The maximum absolute atomic E-state index is 10.9. The minimum Gasteiger partial charge on any atom is -0.354 e. The molecule has 5 nitrogen and oxygen atoms in total. The highest BCUT2D eigenvalue weighted by Gasteiger charge is 2.28. The topological polar surface area (TPSA) is 49.6 Å². The van der Waals surface area contributed by atoms with Crippen LogP contribution in [0.25, 0.3) is 0 Å². The van der Waals surface area contributed by atoms with Crippen LogP contribution in [0.3, 0.4) is 0 Å². The van der Waals surface area contributed by atoms with E-state index in [1.165, 1.54) is 5.01 Å². The molecule has 1 saturated heterocycles. The van der Waals surface area contributed by atoms with E-state index in [0.29, 0.717) is 6.54 Å². The molecule has 0 unspecified atom stereocenters. The van der Waals surface area contributed by atoms with Gasteiger partial charge in [0, 0.05) is 13.1 Å². The molecule has 0 saturated carbocycles. The van der Waals surface area contributed by atoms with Crippen LogP contribution in [0.4, 0.5) is 0 Å². The summed E-state index contributed by atoms with van der Waals surface area (Å²) in [5.74, 6) is 0.748. The van der Waals surface area contributed by atoms with Crippen molar-refractivity contribution in [2.24, 2.45) is 0 Å². The first-order valence-electron chi connectivity index (χ1n) is 5.24. The monoisotopic (exact) mass is 209 g/mol. The zero-order valence-electron chi connectivity index (χ0n) is 8.85. The Labute approximate surface area is 88.8 Å². The van der Waals surface area contributed by atoms with Gasteiger partial charge in [0.2, 0.25) is 0 Å². The van der Waals surface area contributed by atoms with Crippen molar-refractivity contribution in [3.05, 3.63) is 33.7 Å². The van der Waals surface area contributed by atoms with E-state index in [2.05, 4.69) is 4.90 Å². The predicted molar refractivity (Wildman–Crippen MR) is 56.3 cm³/mol. The Morgan fingerprint density at radius 1 is 1.40 bits per heavy atom. The third-order valence-electron chi connectivity index (χ3n) is 2.83. The van der Waals surface area contributed by atoms with Crippen LogP contribution < -0.4 is 0 Å². The number of nitro groups is 1. The van der Waals surface area contributed by atoms with E-state index >= 15 is 0 Å². The van der Waals surface area contributed by atoms with Crippen molar-refractivity contribution < 1.29 is 5.03 Å². The molecule has 2 heterocycles. The zero-order valence-corrected chi connectivity index (χ0v) is 8.85. The van der Waals surface area contributed by atoms with Gasteiger partial charge in [0.25, 0.3) is 0 Å². The molecule has 2 aliphatic heterocycles. The SMILES string of the molecule is CC1=CCN([N+](=O)[O-])C(N2CCCC2)=C1. The summed E-state index contributed by atoms with van der Waals surface area (Å²) in [5, 5.41) is 11.8. The number of allylic oxidation sites excluding steroid dienone is 2. The molecule has 0 spiro atoms. The van der Waals surface area contributed by atoms with Gasteiger partial charge in [0.05, 0.1) is 0 Å². The van der Waals surface area contributed by atoms with Crippen molar-refractivity contribution in [2.45, 2.75) is 19.8 Å². The van der Waals surface area contributed by atoms with Gasteiger partial charge in [0.15, 0.2) is 10.9 Å². The number of nitrogens with zero attached hydrogens (tertiary/aromatic N) is 3. The second-order valence-corrected chi connectivity index (χ2v) is 3.96. The van der Waals surface area contributed by atoms with Gasteiger partial charge in [-0.15, -0.1) is 0 Å². The maximum Gasteiger partial charge on any atom is 0.171 e. The van der Waals surface area contributed by atoms with Gasteiger partial charge in [-0.2, -0.15) is 0 Å². The highest BCUT2D eigenvalue weighted by molar-refractivity contribution is 5.24. The van der Waals surface area contributed by atoms with Crippen LogP contribution in [0, 0.1) is 10.1 Å². The number of hydrogen-bond acceptors (Lipinski definition) is 3. The summed E-state index contributed by atoms with van der Waals surface area (Å²) in [4.78, 5) is 13.0. The molecule has 15 heavy (non-hydrogen) atoms. The van der Waals surface area contributed by atoms with Crippen molar-refractivity contribution in [3.8, 4) is 0 Å². The largest absolute Gasteiger partial charge is 0.354 e. The molecule has 0 aromatic rings. The van der Waals surface area contributed by atoms with Crippen LogP contribution in [0.15, 0.2) is 23.5 Å². The number of likely N-dealkylation sites (tertiary alicyclic amines) is 1. The fraction of sp³-hybridized carbons (Fsp3) is 0.600. The van der Waals surface area contributed by atoms with Crippen molar-refractivity contribution in [3.63, 3.8) is 0 Å². The fourth-order valence-corrected chi connectivity index (χ4v) is 2.01. The summed E-state index contributed by atoms with van der Waals surface area (Å²) >= 11 is 0. The van der Waals surface area contributed by atoms with Crippen LogP contribution in [-0.4, -0.2) is 34.6 Å². The van der Waals surface area contributed by atoms with E-state index in [1.54, 1.807) is 0 Å². The van der Waals surface area contributed by atoms with E-state index in [9.17, 15) is 10.1 Å². The van der Waals surface area contributed by atoms with Gasteiger partial charge in [-0.05, 0) is 31.4 Å². The van der Waals surface area contributed by atoms with Crippen LogP contribution in [0.5, 0.6) is 0 Å². The van der Waals surface area contributed by atoms with E-state index in [0.717, 1.165) is 37.3 Å². The standard InChI is InChI=1S/C10H15N3O2/c1-9-4-7-12(13(14)15)10(8-9)11-5-2-3-6-11/h4,8H,2-3,5-7H2,1H3. The minimum atomic E-state index is -0.326. The van der Waals surface area contributed by atoms with E-state index < -0.39 is 0 Å². The van der Waals surface area contributed by atoms with Crippen molar-refractivity contribution >= 4 is 0 Å². The molecule has 0 radical (unpaired) electrons. The molecule has 0 aromatic heterocycles. The smallest absolute Gasteiger partial charge is 0.171 e. The summed E-state index contributed by atoms with van der Waals surface area (Å²) < 4.78 is 0. The summed E-state index contributed by atoms with van der Waals surface area (Å²) in [6.07, 6.45) is 6.04. The fourth-order valence-electron chi connectivity index (χ4n) is 2.01. The molecule has 2 rings (SSSR count). The van der Waals surface area contributed by atoms with E-state index in [1.807, 2.05) is 19.1 Å². The lowest BCUT2D eigenvalue weighted by Gasteiger charge is -2.27. The average Bonchev–Trinajstić information content (AvgIpc) is 2.69. The second kappa shape index (κ2) is 3.92. The molecule has 2 aliphatic rings. The molecule has 0 aromatic carbocycles. The minimum absolute atomic E-state index is 0.326. The number of hydrazine groups is 1. The third kappa shape index (κ3) is 1.95. The molecule has 0 N–H and O–H groups in total. The summed E-state index contributed by atoms with van der Waals surface area (Å²) in [5.41, 5.74) is 1.11. The van der Waals surface area contributed by atoms with Crippen molar-refractivity contribution in [1.82, 2.24) is 9.91 Å². The van der Waals surface area contributed by atoms with Crippen LogP contribution in [0.2, 0.25) is 0 Å². The quantitative estimate of drug-likeness (QED) is 0.509. The molecule has 5 heteroatoms. The third-order valence-corrected chi connectivity index (χ3v) is 2.83. The summed E-state index contributed by atoms with van der Waals surface area (Å²) in [7, 11) is 0. The molecular weight excluding hydrogens is 194 g/mol. The second-order valence-electron chi connectivity index (χ2n) is 3.96. The lowest BCUT2D eigenvalue weighted by molar-refractivity contribution is -0.645. The van der Waals surface area contributed by atoms with Gasteiger partial charge in [-0.3, -0.25) is 0 Å². The molecule has 0 amide bonds. The first kappa shape index (κ1) is 10.0. The Hall–Kier alpha value is -1.52. The van der Waals surface area contributed by atoms with Crippen LogP contribution in [0.1, 0.15) is 19.8 Å². The van der Waals surface area contributed by atoms with E-state index in [-0.39, 0.29) is 5.03 Å². The normalized spacial score (nSPS) is 21.4. The number of hydrogen-bond donors (Lipinski definition) is 0. The first-order chi connectivity index (χ1) is 7.18. The molecule has 0 atom stereocenters. The Morgan fingerprint density at radius 2 is 2.07 bits per heavy atom. The van der Waals surface area contributed by atoms with Crippen LogP contribution >= 0.6 is 0 Å². The highest BCUT2D eigenvalue weighted by Crippen LogP contribution is 2.22. The predicted octanol–water partition coefficient (Wildman–Crippen LogP) is 1.38. The molecule has 82 valence electrons. The van der Waals surface area contributed by atoms with Crippen molar-refractivity contribution in [1.29, 1.82) is 0 Å². The van der Waals surface area contributed by atoms with Gasteiger partial charge in [0.1, 0.15) is 6.54 Å². The lowest BCUT2D eigenvalue weighted by atomic mass is 10.2. The Bertz CT molecular complexity index is 330. The molecular formula is C10H15N3O2. The molecule has 1 fully saturated rings. The van der Waals surface area contributed by atoms with Gasteiger partial charge in [-0.25, -0.2) is 10.1 Å². The molecule has 0 bridgehead atoms. The zero-order chi connectivity index (χ0) is 10.8. The average molecular weight is 209 g/mol. The van der Waals surface area contributed by atoms with Gasteiger partial charge < -0.3 is 4.90 Å².